The van der Waals surface area contributed by atoms with E-state index in [9.17, 15) is 27.6 Å². The van der Waals surface area contributed by atoms with Gasteiger partial charge in [0, 0.05) is 25.1 Å². The molecule has 0 radical (unpaired) electrons. The lowest BCUT2D eigenvalue weighted by Gasteiger charge is -2.33. The van der Waals surface area contributed by atoms with E-state index in [1.165, 1.54) is 16.8 Å². The SMILES string of the molecule is CC(C)(C)OC(=O)N1CCC(c2cc(=O)[nH]c3c(C(=N)SCC(=O)C(F)(F)F)cnn23)CC1. The molecule has 3 rings (SSSR count). The van der Waals surface area contributed by atoms with Crippen LogP contribution in [0.1, 0.15) is 50.8 Å². The molecule has 2 aromatic heterocycles. The fourth-order valence-corrected chi connectivity index (χ4v) is 4.20. The van der Waals surface area contributed by atoms with Crippen molar-refractivity contribution in [2.45, 2.75) is 51.3 Å². The zero-order valence-corrected chi connectivity index (χ0v) is 19.1. The van der Waals surface area contributed by atoms with Gasteiger partial charge in [-0.2, -0.15) is 18.3 Å². The summed E-state index contributed by atoms with van der Waals surface area (Å²) < 4.78 is 44.1. The summed E-state index contributed by atoms with van der Waals surface area (Å²) in [6, 6.07) is 1.39. The van der Waals surface area contributed by atoms with Crippen molar-refractivity contribution in [3.63, 3.8) is 0 Å². The monoisotopic (exact) mass is 487 g/mol. The minimum Gasteiger partial charge on any atom is -0.444 e. The molecule has 2 aromatic rings. The third kappa shape index (κ3) is 5.95. The maximum Gasteiger partial charge on any atom is 0.450 e. The lowest BCUT2D eigenvalue weighted by molar-refractivity contribution is -0.167. The molecule has 1 aliphatic rings. The first kappa shape index (κ1) is 24.8. The second kappa shape index (κ2) is 9.20. The van der Waals surface area contributed by atoms with Crippen molar-refractivity contribution >= 4 is 34.3 Å². The van der Waals surface area contributed by atoms with Crippen LogP contribution < -0.4 is 5.56 Å². The number of amides is 1. The summed E-state index contributed by atoms with van der Waals surface area (Å²) in [5.41, 5.74) is -0.180. The number of piperidine rings is 1. The summed E-state index contributed by atoms with van der Waals surface area (Å²) in [6.07, 6.45) is -2.99. The molecule has 0 aromatic carbocycles. The van der Waals surface area contributed by atoms with E-state index in [0.717, 1.165) is 0 Å². The standard InChI is InChI=1S/C20H24F3N5O4S/c1-19(2,3)32-18(31)27-6-4-11(5-7-27)13-8-15(30)26-17-12(9-25-28(13)17)16(24)33-10-14(29)20(21,22)23/h8-9,11,24H,4-7,10H2,1-3H3,(H,26,30). The summed E-state index contributed by atoms with van der Waals surface area (Å²) in [6.45, 7) is 6.21. The molecule has 1 saturated heterocycles. The van der Waals surface area contributed by atoms with Gasteiger partial charge in [-0.1, -0.05) is 11.8 Å². The summed E-state index contributed by atoms with van der Waals surface area (Å²) in [5.74, 6) is -2.98. The summed E-state index contributed by atoms with van der Waals surface area (Å²) in [5, 5.41) is 12.0. The van der Waals surface area contributed by atoms with Crippen molar-refractivity contribution in [2.24, 2.45) is 0 Å². The van der Waals surface area contributed by atoms with Crippen LogP contribution in [0.2, 0.25) is 0 Å². The van der Waals surface area contributed by atoms with E-state index in [-0.39, 0.29) is 22.2 Å². The Kier molecular flexibility index (Phi) is 6.91. The Balaban J connectivity index is 1.76. The molecule has 1 amide bonds. The second-order valence-corrected chi connectivity index (χ2v) is 9.64. The van der Waals surface area contributed by atoms with Gasteiger partial charge in [0.05, 0.1) is 23.2 Å². The van der Waals surface area contributed by atoms with Gasteiger partial charge in [-0.05, 0) is 33.6 Å². The number of carbonyl (C=O) groups excluding carboxylic acids is 2. The topological polar surface area (TPSA) is 121 Å². The molecule has 0 atom stereocenters. The number of nitrogens with zero attached hydrogens (tertiary/aromatic N) is 3. The average Bonchev–Trinajstić information content (AvgIpc) is 3.13. The largest absolute Gasteiger partial charge is 0.450 e. The molecule has 0 spiro atoms. The highest BCUT2D eigenvalue weighted by Crippen LogP contribution is 2.29. The molecule has 0 aliphatic carbocycles. The normalized spacial score (nSPS) is 15.6. The Morgan fingerprint density at radius 3 is 2.48 bits per heavy atom. The van der Waals surface area contributed by atoms with Gasteiger partial charge in [0.2, 0.25) is 5.78 Å². The second-order valence-electron chi connectivity index (χ2n) is 8.66. The van der Waals surface area contributed by atoms with Crippen LogP contribution in [0.4, 0.5) is 18.0 Å². The fraction of sp³-hybridized carbons (Fsp3) is 0.550. The van der Waals surface area contributed by atoms with E-state index in [0.29, 0.717) is 43.4 Å². The number of Topliss-reactive ketones (excluding diaryl/α,β-unsaturated/α-hetero) is 1. The average molecular weight is 488 g/mol. The number of thioether (sulfide) groups is 1. The molecular formula is C20H24F3N5O4S. The molecule has 0 saturated carbocycles. The number of aromatic nitrogens is 3. The Morgan fingerprint density at radius 1 is 1.27 bits per heavy atom. The van der Waals surface area contributed by atoms with Gasteiger partial charge in [0.25, 0.3) is 5.56 Å². The van der Waals surface area contributed by atoms with Crippen LogP contribution >= 0.6 is 11.8 Å². The number of rotatable bonds is 4. The molecule has 1 aliphatic heterocycles. The fourth-order valence-electron chi connectivity index (χ4n) is 3.45. The van der Waals surface area contributed by atoms with E-state index >= 15 is 0 Å². The quantitative estimate of drug-likeness (QED) is 0.504. The summed E-state index contributed by atoms with van der Waals surface area (Å²) >= 11 is 0.419. The van der Waals surface area contributed by atoms with Gasteiger partial charge < -0.3 is 14.6 Å². The third-order valence-corrected chi connectivity index (χ3v) is 5.92. The highest BCUT2D eigenvalue weighted by Gasteiger charge is 2.38. The number of halogens is 3. The van der Waals surface area contributed by atoms with Crippen molar-refractivity contribution in [3.8, 4) is 0 Å². The molecule has 33 heavy (non-hydrogen) atoms. The first-order valence-electron chi connectivity index (χ1n) is 10.2. The maximum absolute atomic E-state index is 12.4. The van der Waals surface area contributed by atoms with Gasteiger partial charge >= 0.3 is 12.3 Å². The smallest absolute Gasteiger partial charge is 0.444 e. The Morgan fingerprint density at radius 2 is 1.91 bits per heavy atom. The molecule has 1 fully saturated rings. The van der Waals surface area contributed by atoms with Gasteiger partial charge in [-0.25, -0.2) is 9.31 Å². The van der Waals surface area contributed by atoms with Gasteiger partial charge in [0.15, 0.2) is 0 Å². The first-order chi connectivity index (χ1) is 15.3. The summed E-state index contributed by atoms with van der Waals surface area (Å²) in [7, 11) is 0. The van der Waals surface area contributed by atoms with Crippen LogP contribution in [0.25, 0.3) is 5.65 Å². The van der Waals surface area contributed by atoms with Crippen LogP contribution in [0.15, 0.2) is 17.1 Å². The van der Waals surface area contributed by atoms with Crippen molar-refractivity contribution in [1.29, 1.82) is 5.41 Å². The highest BCUT2D eigenvalue weighted by atomic mass is 32.2. The number of fused-ring (bicyclic) bond motifs is 1. The van der Waals surface area contributed by atoms with Gasteiger partial charge in [-0.15, -0.1) is 0 Å². The molecule has 0 unspecified atom stereocenters. The van der Waals surface area contributed by atoms with E-state index in [1.54, 1.807) is 25.7 Å². The van der Waals surface area contributed by atoms with E-state index in [2.05, 4.69) is 10.1 Å². The van der Waals surface area contributed by atoms with Crippen LogP contribution in [0.3, 0.4) is 0 Å². The van der Waals surface area contributed by atoms with Crippen molar-refractivity contribution in [2.75, 3.05) is 18.8 Å². The number of ketones is 1. The number of hydrogen-bond acceptors (Lipinski definition) is 7. The summed E-state index contributed by atoms with van der Waals surface area (Å²) in [4.78, 5) is 39.8. The number of carbonyl (C=O) groups is 2. The number of hydrogen-bond donors (Lipinski definition) is 2. The number of H-pyrrole nitrogens is 1. The zero-order chi connectivity index (χ0) is 24.6. The van der Waals surface area contributed by atoms with Crippen LogP contribution in [0.5, 0.6) is 0 Å². The Hall–Kier alpha value is -2.83. The molecule has 3 heterocycles. The predicted octanol–water partition coefficient (Wildman–Crippen LogP) is 3.33. The highest BCUT2D eigenvalue weighted by molar-refractivity contribution is 8.14. The Bertz CT molecular complexity index is 1130. The van der Waals surface area contributed by atoms with Crippen LogP contribution in [-0.2, 0) is 9.53 Å². The lowest BCUT2D eigenvalue weighted by Crippen LogP contribution is -2.41. The molecule has 2 N–H and O–H groups in total. The van der Waals surface area contributed by atoms with Gasteiger partial charge in [-0.3, -0.25) is 15.0 Å². The van der Waals surface area contributed by atoms with Crippen molar-refractivity contribution < 1.29 is 27.5 Å². The number of ether oxygens (including phenoxy) is 1. The minimum atomic E-state index is -4.97. The van der Waals surface area contributed by atoms with Crippen molar-refractivity contribution in [1.82, 2.24) is 19.5 Å². The molecular weight excluding hydrogens is 463 g/mol. The lowest BCUT2D eigenvalue weighted by atomic mass is 9.93. The van der Waals surface area contributed by atoms with E-state index < -0.39 is 35.0 Å². The number of nitrogens with one attached hydrogen (secondary N) is 2. The maximum atomic E-state index is 12.4. The Labute approximate surface area is 191 Å². The van der Waals surface area contributed by atoms with Crippen LogP contribution in [0, 0.1) is 5.41 Å². The third-order valence-electron chi connectivity index (χ3n) is 5.01. The molecule has 9 nitrogen and oxygen atoms in total. The molecule has 180 valence electrons. The van der Waals surface area contributed by atoms with Crippen LogP contribution in [-0.4, -0.2) is 67.0 Å². The van der Waals surface area contributed by atoms with Gasteiger partial charge in [0.1, 0.15) is 16.3 Å². The van der Waals surface area contributed by atoms with E-state index in [1.807, 2.05) is 0 Å². The van der Waals surface area contributed by atoms with E-state index in [4.69, 9.17) is 10.1 Å². The first-order valence-corrected chi connectivity index (χ1v) is 11.2. The number of alkyl halides is 3. The molecule has 0 bridgehead atoms. The minimum absolute atomic E-state index is 0.102. The molecule has 13 heteroatoms. The number of likely N-dealkylation sites (tertiary alicyclic amines) is 1. The predicted molar refractivity (Wildman–Crippen MR) is 116 cm³/mol. The zero-order valence-electron chi connectivity index (χ0n) is 18.3. The van der Waals surface area contributed by atoms with Crippen molar-refractivity contribution in [3.05, 3.63) is 33.9 Å². The number of aromatic amines is 1.